The molecule has 0 fully saturated rings. The third-order valence-electron chi connectivity index (χ3n) is 5.00. The SMILES string of the molecule is Cn1c(=O)n(CCCO[Si](C)(C)C(C)(C)C)c(=O)c2cc(Cl)ncc21. The Morgan fingerprint density at radius 3 is 2.52 bits per heavy atom. The van der Waals surface area contributed by atoms with Gasteiger partial charge in [0.25, 0.3) is 5.56 Å². The van der Waals surface area contributed by atoms with E-state index in [4.69, 9.17) is 16.0 Å². The zero-order valence-electron chi connectivity index (χ0n) is 15.7. The van der Waals surface area contributed by atoms with Gasteiger partial charge in [0.15, 0.2) is 8.32 Å². The number of aromatic nitrogens is 3. The number of rotatable bonds is 5. The van der Waals surface area contributed by atoms with E-state index in [1.807, 2.05) is 0 Å². The van der Waals surface area contributed by atoms with Gasteiger partial charge in [0.2, 0.25) is 0 Å². The van der Waals surface area contributed by atoms with E-state index in [9.17, 15) is 9.59 Å². The predicted molar refractivity (Wildman–Crippen MR) is 104 cm³/mol. The summed E-state index contributed by atoms with van der Waals surface area (Å²) in [6.07, 6.45) is 2.05. The van der Waals surface area contributed by atoms with Gasteiger partial charge in [-0.15, -0.1) is 0 Å². The highest BCUT2D eigenvalue weighted by Crippen LogP contribution is 2.36. The van der Waals surface area contributed by atoms with Gasteiger partial charge < -0.3 is 4.43 Å². The van der Waals surface area contributed by atoms with Crippen LogP contribution in [0, 0.1) is 0 Å². The molecule has 0 saturated carbocycles. The molecule has 8 heteroatoms. The second kappa shape index (κ2) is 7.05. The molecule has 0 radical (unpaired) electrons. The molecule has 2 aromatic rings. The molecule has 0 aliphatic rings. The quantitative estimate of drug-likeness (QED) is 0.452. The van der Waals surface area contributed by atoms with Crippen molar-refractivity contribution in [3.05, 3.63) is 38.3 Å². The van der Waals surface area contributed by atoms with Crippen LogP contribution >= 0.6 is 11.6 Å². The fraction of sp³-hybridized carbons (Fsp3) is 0.588. The first-order valence-corrected chi connectivity index (χ1v) is 11.6. The van der Waals surface area contributed by atoms with Crippen molar-refractivity contribution in [1.29, 1.82) is 0 Å². The maximum absolute atomic E-state index is 12.6. The molecule has 0 atom stereocenters. The molecule has 0 aromatic carbocycles. The van der Waals surface area contributed by atoms with Crippen LogP contribution in [0.4, 0.5) is 0 Å². The molecular formula is C17H26ClN3O3Si. The van der Waals surface area contributed by atoms with Crippen LogP contribution in [-0.4, -0.2) is 29.0 Å². The molecule has 0 spiro atoms. The second-order valence-corrected chi connectivity index (χ2v) is 13.0. The van der Waals surface area contributed by atoms with Crippen molar-refractivity contribution in [1.82, 2.24) is 14.1 Å². The van der Waals surface area contributed by atoms with E-state index in [-0.39, 0.29) is 21.4 Å². The van der Waals surface area contributed by atoms with Crippen LogP contribution in [0.15, 0.2) is 21.9 Å². The Balaban J connectivity index is 2.22. The van der Waals surface area contributed by atoms with Crippen LogP contribution in [0.25, 0.3) is 10.9 Å². The number of halogens is 1. The third kappa shape index (κ3) is 4.04. The number of fused-ring (bicyclic) bond motifs is 1. The zero-order chi connectivity index (χ0) is 19.0. The Morgan fingerprint density at radius 1 is 1.28 bits per heavy atom. The van der Waals surface area contributed by atoms with E-state index in [1.54, 1.807) is 7.05 Å². The molecule has 2 aromatic heterocycles. The first kappa shape index (κ1) is 19.9. The Kier molecular flexibility index (Phi) is 5.61. The molecule has 0 amide bonds. The van der Waals surface area contributed by atoms with E-state index >= 15 is 0 Å². The van der Waals surface area contributed by atoms with Crippen LogP contribution in [0.2, 0.25) is 23.3 Å². The normalized spacial score (nSPS) is 12.8. The van der Waals surface area contributed by atoms with Crippen molar-refractivity contribution >= 4 is 30.8 Å². The Hall–Kier alpha value is -1.44. The lowest BCUT2D eigenvalue weighted by molar-refractivity contribution is 0.273. The molecule has 2 rings (SSSR count). The van der Waals surface area contributed by atoms with Gasteiger partial charge in [0.1, 0.15) is 5.15 Å². The predicted octanol–water partition coefficient (Wildman–Crippen LogP) is 3.16. The number of pyridine rings is 1. The molecule has 0 unspecified atom stereocenters. The van der Waals surface area contributed by atoms with Gasteiger partial charge in [-0.2, -0.15) is 0 Å². The van der Waals surface area contributed by atoms with Gasteiger partial charge in [-0.05, 0) is 30.6 Å². The monoisotopic (exact) mass is 383 g/mol. The summed E-state index contributed by atoms with van der Waals surface area (Å²) in [7, 11) is -0.201. The van der Waals surface area contributed by atoms with Crippen molar-refractivity contribution in [3.63, 3.8) is 0 Å². The second-order valence-electron chi connectivity index (χ2n) is 7.78. The Morgan fingerprint density at radius 2 is 1.92 bits per heavy atom. The highest BCUT2D eigenvalue weighted by molar-refractivity contribution is 6.74. The van der Waals surface area contributed by atoms with Gasteiger partial charge in [-0.25, -0.2) is 9.78 Å². The maximum atomic E-state index is 12.6. The van der Waals surface area contributed by atoms with E-state index in [0.717, 1.165) is 0 Å². The van der Waals surface area contributed by atoms with E-state index < -0.39 is 8.32 Å². The highest BCUT2D eigenvalue weighted by atomic mass is 35.5. The minimum absolute atomic E-state index is 0.132. The number of aryl methyl sites for hydroxylation is 1. The van der Waals surface area contributed by atoms with Gasteiger partial charge in [0, 0.05) is 20.2 Å². The number of hydrogen-bond acceptors (Lipinski definition) is 4. The molecule has 6 nitrogen and oxygen atoms in total. The molecular weight excluding hydrogens is 358 g/mol. The summed E-state index contributed by atoms with van der Waals surface area (Å²) in [5, 5.41) is 0.760. The summed E-state index contributed by atoms with van der Waals surface area (Å²) in [4.78, 5) is 29.1. The van der Waals surface area contributed by atoms with E-state index in [2.05, 4.69) is 38.8 Å². The fourth-order valence-electron chi connectivity index (χ4n) is 2.34. The minimum atomic E-state index is -1.83. The average molecular weight is 384 g/mol. The van der Waals surface area contributed by atoms with Gasteiger partial charge in [0.05, 0.1) is 17.1 Å². The number of hydrogen-bond donors (Lipinski definition) is 0. The summed E-state index contributed by atoms with van der Waals surface area (Å²) in [6.45, 7) is 11.8. The van der Waals surface area contributed by atoms with E-state index in [0.29, 0.717) is 30.5 Å². The lowest BCUT2D eigenvalue weighted by atomic mass is 10.2. The molecule has 0 N–H and O–H groups in total. The summed E-state index contributed by atoms with van der Waals surface area (Å²) in [6, 6.07) is 1.50. The largest absolute Gasteiger partial charge is 0.417 e. The maximum Gasteiger partial charge on any atom is 0.331 e. The number of nitrogens with zero attached hydrogens (tertiary/aromatic N) is 3. The zero-order valence-corrected chi connectivity index (χ0v) is 17.5. The smallest absolute Gasteiger partial charge is 0.331 e. The fourth-order valence-corrected chi connectivity index (χ4v) is 3.59. The van der Waals surface area contributed by atoms with Gasteiger partial charge in [-0.3, -0.25) is 13.9 Å². The topological polar surface area (TPSA) is 66.1 Å². The summed E-state index contributed by atoms with van der Waals surface area (Å²) < 4.78 is 8.78. The summed E-state index contributed by atoms with van der Waals surface area (Å²) >= 11 is 5.89. The molecule has 2 heterocycles. The van der Waals surface area contributed by atoms with Crippen LogP contribution in [0.3, 0.4) is 0 Å². The summed E-state index contributed by atoms with van der Waals surface area (Å²) in [5.41, 5.74) is -0.211. The summed E-state index contributed by atoms with van der Waals surface area (Å²) in [5.74, 6) is 0. The third-order valence-corrected chi connectivity index (χ3v) is 9.74. The van der Waals surface area contributed by atoms with Crippen molar-refractivity contribution in [2.75, 3.05) is 6.61 Å². The van der Waals surface area contributed by atoms with Crippen molar-refractivity contribution in [2.45, 2.75) is 51.9 Å². The minimum Gasteiger partial charge on any atom is -0.417 e. The molecule has 0 saturated heterocycles. The first-order valence-electron chi connectivity index (χ1n) is 8.35. The van der Waals surface area contributed by atoms with Crippen molar-refractivity contribution < 1.29 is 4.43 Å². The first-order chi connectivity index (χ1) is 11.5. The molecule has 138 valence electrons. The molecule has 0 bridgehead atoms. The lowest BCUT2D eigenvalue weighted by Crippen LogP contribution is -2.42. The lowest BCUT2D eigenvalue weighted by Gasteiger charge is -2.36. The van der Waals surface area contributed by atoms with Crippen LogP contribution in [0.5, 0.6) is 0 Å². The molecule has 0 aliphatic carbocycles. The molecule has 0 aliphatic heterocycles. The molecule has 25 heavy (non-hydrogen) atoms. The van der Waals surface area contributed by atoms with Crippen molar-refractivity contribution in [2.24, 2.45) is 7.05 Å². The van der Waals surface area contributed by atoms with Gasteiger partial charge in [-0.1, -0.05) is 32.4 Å². The van der Waals surface area contributed by atoms with Crippen LogP contribution < -0.4 is 11.2 Å². The van der Waals surface area contributed by atoms with Crippen LogP contribution in [0.1, 0.15) is 27.2 Å². The standard InChI is InChI=1S/C17H26ClN3O3Si/c1-17(2,3)25(5,6)24-9-7-8-21-15(22)12-10-14(18)19-11-13(12)20(4)16(21)23/h10-11H,7-9H2,1-6H3. The average Bonchev–Trinajstić information content (AvgIpc) is 2.50. The van der Waals surface area contributed by atoms with Crippen molar-refractivity contribution in [3.8, 4) is 0 Å². The Bertz CT molecular complexity index is 897. The van der Waals surface area contributed by atoms with Crippen LogP contribution in [-0.2, 0) is 18.0 Å². The Labute approximate surface area is 153 Å². The highest BCUT2D eigenvalue weighted by Gasteiger charge is 2.36. The van der Waals surface area contributed by atoms with E-state index in [1.165, 1.54) is 21.4 Å². The van der Waals surface area contributed by atoms with Gasteiger partial charge >= 0.3 is 5.69 Å².